The predicted octanol–water partition coefficient (Wildman–Crippen LogP) is 3.57. The van der Waals surface area contributed by atoms with Crippen LogP contribution in [0.15, 0.2) is 0 Å². The highest BCUT2D eigenvalue weighted by molar-refractivity contribution is 4.89. The Kier molecular flexibility index (Phi) is 4.68. The molecule has 0 bridgehead atoms. The van der Waals surface area contributed by atoms with Gasteiger partial charge in [-0.1, -0.05) is 26.2 Å². The van der Waals surface area contributed by atoms with E-state index in [0.29, 0.717) is 0 Å². The van der Waals surface area contributed by atoms with E-state index in [2.05, 4.69) is 18.9 Å². The zero-order valence-electron chi connectivity index (χ0n) is 13.3. The van der Waals surface area contributed by atoms with Crippen LogP contribution in [-0.4, -0.2) is 43.0 Å². The van der Waals surface area contributed by atoms with E-state index in [-0.39, 0.29) is 5.79 Å². The molecular formula is C17H31NO2. The average molecular weight is 281 g/mol. The van der Waals surface area contributed by atoms with E-state index < -0.39 is 0 Å². The number of hydrogen-bond donors (Lipinski definition) is 0. The first-order chi connectivity index (χ1) is 9.72. The maximum atomic E-state index is 5.85. The first-order valence-electron chi connectivity index (χ1n) is 8.72. The number of ether oxygens (including phenoxy) is 2. The highest BCUT2D eigenvalue weighted by Crippen LogP contribution is 2.39. The molecule has 1 spiro atoms. The average Bonchev–Trinajstić information content (AvgIpc) is 2.96. The molecule has 3 rings (SSSR count). The molecule has 1 heterocycles. The molecule has 1 saturated heterocycles. The van der Waals surface area contributed by atoms with Crippen molar-refractivity contribution in [3.8, 4) is 0 Å². The molecule has 3 heteroatoms. The summed E-state index contributed by atoms with van der Waals surface area (Å²) >= 11 is 0. The minimum Gasteiger partial charge on any atom is -0.348 e. The van der Waals surface area contributed by atoms with Gasteiger partial charge in [-0.2, -0.15) is 0 Å². The van der Waals surface area contributed by atoms with Gasteiger partial charge in [0, 0.05) is 24.9 Å². The summed E-state index contributed by atoms with van der Waals surface area (Å²) in [5.74, 6) is 0.767. The summed E-state index contributed by atoms with van der Waals surface area (Å²) in [5, 5.41) is 0. The topological polar surface area (TPSA) is 21.7 Å². The van der Waals surface area contributed by atoms with E-state index >= 15 is 0 Å². The van der Waals surface area contributed by atoms with Gasteiger partial charge in [-0.15, -0.1) is 0 Å². The monoisotopic (exact) mass is 281 g/mol. The predicted molar refractivity (Wildman–Crippen MR) is 80.7 cm³/mol. The first-order valence-corrected chi connectivity index (χ1v) is 8.72. The van der Waals surface area contributed by atoms with E-state index in [1.165, 1.54) is 44.9 Å². The Balaban J connectivity index is 1.52. The summed E-state index contributed by atoms with van der Waals surface area (Å²) in [6.07, 6.45) is 11.7. The SMILES string of the molecule is CCC1CCCC(N(C)C2CCC3(CC2)OCCO3)C1. The standard InChI is InChI=1S/C17H31NO2/c1-3-14-5-4-6-16(13-14)18(2)15-7-9-17(10-8-15)19-11-12-20-17/h14-16H,3-13H2,1-2H3. The van der Waals surface area contributed by atoms with Crippen molar-refractivity contribution < 1.29 is 9.47 Å². The van der Waals surface area contributed by atoms with E-state index in [1.807, 2.05) is 0 Å². The van der Waals surface area contributed by atoms with Crippen LogP contribution in [-0.2, 0) is 9.47 Å². The quantitative estimate of drug-likeness (QED) is 0.789. The molecule has 2 saturated carbocycles. The lowest BCUT2D eigenvalue weighted by Crippen LogP contribution is -2.47. The smallest absolute Gasteiger partial charge is 0.168 e. The van der Waals surface area contributed by atoms with Crippen molar-refractivity contribution in [1.29, 1.82) is 0 Å². The second-order valence-corrected chi connectivity index (χ2v) is 7.10. The van der Waals surface area contributed by atoms with E-state index in [4.69, 9.17) is 9.47 Å². The summed E-state index contributed by atoms with van der Waals surface area (Å²) in [5.41, 5.74) is 0. The van der Waals surface area contributed by atoms with Gasteiger partial charge < -0.3 is 14.4 Å². The zero-order chi connectivity index (χ0) is 14.0. The van der Waals surface area contributed by atoms with E-state index in [0.717, 1.165) is 44.1 Å². The lowest BCUT2D eigenvalue weighted by molar-refractivity contribution is -0.184. The van der Waals surface area contributed by atoms with Crippen molar-refractivity contribution >= 4 is 0 Å². The Morgan fingerprint density at radius 3 is 2.35 bits per heavy atom. The van der Waals surface area contributed by atoms with Gasteiger partial charge in [0.2, 0.25) is 0 Å². The van der Waals surface area contributed by atoms with Crippen LogP contribution in [0.5, 0.6) is 0 Å². The lowest BCUT2D eigenvalue weighted by atomic mass is 9.81. The van der Waals surface area contributed by atoms with Gasteiger partial charge in [0.25, 0.3) is 0 Å². The van der Waals surface area contributed by atoms with Crippen LogP contribution in [0, 0.1) is 5.92 Å². The van der Waals surface area contributed by atoms with Crippen LogP contribution < -0.4 is 0 Å². The molecule has 3 fully saturated rings. The summed E-state index contributed by atoms with van der Waals surface area (Å²) in [6, 6.07) is 1.56. The van der Waals surface area contributed by atoms with Crippen molar-refractivity contribution in [1.82, 2.24) is 4.90 Å². The zero-order valence-corrected chi connectivity index (χ0v) is 13.3. The molecule has 1 aliphatic heterocycles. The Labute approximate surface area is 124 Å². The minimum atomic E-state index is -0.199. The third kappa shape index (κ3) is 3.05. The van der Waals surface area contributed by atoms with Crippen LogP contribution in [0.2, 0.25) is 0 Å². The second kappa shape index (κ2) is 6.33. The van der Waals surface area contributed by atoms with Crippen LogP contribution in [0.4, 0.5) is 0 Å². The number of nitrogens with zero attached hydrogens (tertiary/aromatic N) is 1. The minimum absolute atomic E-state index is 0.199. The number of rotatable bonds is 3. The third-order valence-electron chi connectivity index (χ3n) is 6.01. The van der Waals surface area contributed by atoms with Gasteiger partial charge in [-0.05, 0) is 38.6 Å². The van der Waals surface area contributed by atoms with E-state index in [9.17, 15) is 0 Å². The molecule has 0 aromatic carbocycles. The van der Waals surface area contributed by atoms with Gasteiger partial charge in [-0.3, -0.25) is 0 Å². The first kappa shape index (κ1) is 14.8. The molecule has 116 valence electrons. The summed E-state index contributed by atoms with van der Waals surface area (Å²) in [6.45, 7) is 3.94. The Morgan fingerprint density at radius 2 is 1.70 bits per heavy atom. The molecule has 2 unspecified atom stereocenters. The molecule has 0 aromatic rings. The highest BCUT2D eigenvalue weighted by atomic mass is 16.7. The van der Waals surface area contributed by atoms with Gasteiger partial charge >= 0.3 is 0 Å². The summed E-state index contributed by atoms with van der Waals surface area (Å²) in [4.78, 5) is 2.70. The fraction of sp³-hybridized carbons (Fsp3) is 1.00. The maximum Gasteiger partial charge on any atom is 0.168 e. The third-order valence-corrected chi connectivity index (χ3v) is 6.01. The van der Waals surface area contributed by atoms with Crippen molar-refractivity contribution in [3.05, 3.63) is 0 Å². The molecule has 20 heavy (non-hydrogen) atoms. The summed E-state index contributed by atoms with van der Waals surface area (Å²) < 4.78 is 11.7. The van der Waals surface area contributed by atoms with Gasteiger partial charge in [0.05, 0.1) is 13.2 Å². The van der Waals surface area contributed by atoms with Gasteiger partial charge in [-0.25, -0.2) is 0 Å². The van der Waals surface area contributed by atoms with Crippen LogP contribution in [0.3, 0.4) is 0 Å². The highest BCUT2D eigenvalue weighted by Gasteiger charge is 2.42. The van der Waals surface area contributed by atoms with Gasteiger partial charge in [0.1, 0.15) is 0 Å². The van der Waals surface area contributed by atoms with Crippen LogP contribution in [0.1, 0.15) is 64.7 Å². The Hall–Kier alpha value is -0.120. The van der Waals surface area contributed by atoms with Crippen molar-refractivity contribution in [2.75, 3.05) is 20.3 Å². The second-order valence-electron chi connectivity index (χ2n) is 7.10. The Bertz CT molecular complexity index is 304. The number of hydrogen-bond acceptors (Lipinski definition) is 3. The van der Waals surface area contributed by atoms with Crippen molar-refractivity contribution in [2.24, 2.45) is 5.92 Å². The molecule has 0 amide bonds. The summed E-state index contributed by atoms with van der Waals surface area (Å²) in [7, 11) is 2.36. The Morgan fingerprint density at radius 1 is 1.00 bits per heavy atom. The fourth-order valence-corrected chi connectivity index (χ4v) is 4.54. The van der Waals surface area contributed by atoms with Crippen molar-refractivity contribution in [3.63, 3.8) is 0 Å². The van der Waals surface area contributed by atoms with Gasteiger partial charge in [0.15, 0.2) is 5.79 Å². The molecule has 3 nitrogen and oxygen atoms in total. The largest absolute Gasteiger partial charge is 0.348 e. The maximum absolute atomic E-state index is 5.85. The molecule has 2 aliphatic carbocycles. The van der Waals surface area contributed by atoms with Crippen LogP contribution >= 0.6 is 0 Å². The normalized spacial score (nSPS) is 35.0. The fourth-order valence-electron chi connectivity index (χ4n) is 4.54. The molecule has 0 aromatic heterocycles. The lowest BCUT2D eigenvalue weighted by Gasteiger charge is -2.44. The van der Waals surface area contributed by atoms with Crippen molar-refractivity contribution in [2.45, 2.75) is 82.6 Å². The molecule has 2 atom stereocenters. The molecule has 3 aliphatic rings. The van der Waals surface area contributed by atoms with E-state index in [1.54, 1.807) is 0 Å². The van der Waals surface area contributed by atoms with Crippen LogP contribution in [0.25, 0.3) is 0 Å². The molecule has 0 N–H and O–H groups in total. The molecular weight excluding hydrogens is 250 g/mol. The molecule has 0 radical (unpaired) electrons.